The third-order valence-corrected chi connectivity index (χ3v) is 3.19. The number of nitrogens with two attached hydrogens (primary N) is 1. The van der Waals surface area contributed by atoms with Crippen LogP contribution in [-0.4, -0.2) is 29.5 Å². The zero-order chi connectivity index (χ0) is 14.5. The summed E-state index contributed by atoms with van der Waals surface area (Å²) in [6.45, 7) is 0.503. The monoisotopic (exact) mass is 288 g/mol. The van der Waals surface area contributed by atoms with Crippen LogP contribution in [0.1, 0.15) is 12.0 Å². The van der Waals surface area contributed by atoms with Crippen LogP contribution in [0.3, 0.4) is 0 Å². The zero-order valence-electron chi connectivity index (χ0n) is 11.1. The fourth-order valence-corrected chi connectivity index (χ4v) is 2.10. The predicted molar refractivity (Wildman–Crippen MR) is 84.8 cm³/mol. The molecule has 0 saturated heterocycles. The van der Waals surface area contributed by atoms with Crippen molar-refractivity contribution in [2.75, 3.05) is 18.9 Å². The molecular formula is C14H16N4OS. The minimum absolute atomic E-state index is 0.0206. The zero-order valence-corrected chi connectivity index (χ0v) is 12.0. The number of carbonyl (C=O) groups excluding carboxylic acids is 1. The van der Waals surface area contributed by atoms with Crippen molar-refractivity contribution in [3.63, 3.8) is 0 Å². The first-order chi connectivity index (χ1) is 9.63. The van der Waals surface area contributed by atoms with Gasteiger partial charge < -0.3 is 16.4 Å². The van der Waals surface area contributed by atoms with Crippen LogP contribution in [0.25, 0.3) is 10.9 Å². The number of amides is 1. The van der Waals surface area contributed by atoms with Crippen LogP contribution >= 0.6 is 12.2 Å². The highest BCUT2D eigenvalue weighted by molar-refractivity contribution is 7.80. The molecule has 20 heavy (non-hydrogen) atoms. The van der Waals surface area contributed by atoms with Crippen molar-refractivity contribution in [2.45, 2.75) is 6.42 Å². The molecule has 104 valence electrons. The summed E-state index contributed by atoms with van der Waals surface area (Å²) in [5.41, 5.74) is 8.11. The molecular weight excluding hydrogens is 272 g/mol. The Morgan fingerprint density at radius 2 is 2.15 bits per heavy atom. The van der Waals surface area contributed by atoms with E-state index in [-0.39, 0.29) is 10.9 Å². The number of carbonyl (C=O) groups is 1. The first-order valence-electron chi connectivity index (χ1n) is 6.25. The average Bonchev–Trinajstić information content (AvgIpc) is 2.46. The standard InChI is InChI=1S/C14H16N4OS/c1-16-12(19)6-7-17-13-9-4-2-3-5-11(9)18-8-10(13)14(15)20/h2-5,8H,6-7H2,1H3,(H2,15,20)(H,16,19)(H,17,18). The molecule has 0 saturated carbocycles. The number of anilines is 1. The van der Waals surface area contributed by atoms with Crippen LogP contribution in [0, 0.1) is 0 Å². The van der Waals surface area contributed by atoms with Gasteiger partial charge in [0, 0.05) is 31.6 Å². The summed E-state index contributed by atoms with van der Waals surface area (Å²) in [5.74, 6) is -0.0206. The molecule has 5 nitrogen and oxygen atoms in total. The van der Waals surface area contributed by atoms with Crippen molar-refractivity contribution in [1.82, 2.24) is 10.3 Å². The Balaban J connectivity index is 2.34. The number of nitrogens with one attached hydrogen (secondary N) is 2. The Morgan fingerprint density at radius 3 is 2.85 bits per heavy atom. The summed E-state index contributed by atoms with van der Waals surface area (Å²) in [6, 6.07) is 7.72. The van der Waals surface area contributed by atoms with Crippen molar-refractivity contribution >= 4 is 39.7 Å². The number of para-hydroxylation sites is 1. The van der Waals surface area contributed by atoms with Gasteiger partial charge in [0.1, 0.15) is 4.99 Å². The number of hydrogen-bond acceptors (Lipinski definition) is 4. The first-order valence-corrected chi connectivity index (χ1v) is 6.66. The molecule has 2 rings (SSSR count). The molecule has 2 aromatic rings. The van der Waals surface area contributed by atoms with Gasteiger partial charge in [0.2, 0.25) is 5.91 Å². The molecule has 0 bridgehead atoms. The van der Waals surface area contributed by atoms with Crippen molar-refractivity contribution in [2.24, 2.45) is 5.73 Å². The molecule has 1 aromatic heterocycles. The highest BCUT2D eigenvalue weighted by atomic mass is 32.1. The number of thiocarbonyl (C=S) groups is 1. The Morgan fingerprint density at radius 1 is 1.40 bits per heavy atom. The van der Waals surface area contributed by atoms with Gasteiger partial charge in [-0.15, -0.1) is 0 Å². The van der Waals surface area contributed by atoms with Gasteiger partial charge in [0.05, 0.1) is 16.8 Å². The summed E-state index contributed by atoms with van der Waals surface area (Å²) in [5, 5.41) is 6.76. The second-order valence-electron chi connectivity index (χ2n) is 4.28. The van der Waals surface area contributed by atoms with E-state index in [1.165, 1.54) is 0 Å². The minimum atomic E-state index is -0.0206. The Bertz CT molecular complexity index is 657. The maximum Gasteiger partial charge on any atom is 0.221 e. The van der Waals surface area contributed by atoms with Crippen molar-refractivity contribution in [3.8, 4) is 0 Å². The number of hydrogen-bond donors (Lipinski definition) is 3. The molecule has 1 amide bonds. The van der Waals surface area contributed by atoms with Gasteiger partial charge in [-0.1, -0.05) is 30.4 Å². The topological polar surface area (TPSA) is 80.0 Å². The quantitative estimate of drug-likeness (QED) is 0.725. The Labute approximate surface area is 122 Å². The van der Waals surface area contributed by atoms with Crippen LogP contribution in [0.15, 0.2) is 30.5 Å². The molecule has 0 atom stereocenters. The van der Waals surface area contributed by atoms with Crippen LogP contribution in [0.2, 0.25) is 0 Å². The van der Waals surface area contributed by atoms with E-state index < -0.39 is 0 Å². The number of pyridine rings is 1. The third kappa shape index (κ3) is 3.03. The number of nitrogens with zero attached hydrogens (tertiary/aromatic N) is 1. The van der Waals surface area contributed by atoms with Crippen molar-refractivity contribution in [1.29, 1.82) is 0 Å². The van der Waals surface area contributed by atoms with Gasteiger partial charge >= 0.3 is 0 Å². The van der Waals surface area contributed by atoms with E-state index >= 15 is 0 Å². The van der Waals surface area contributed by atoms with E-state index in [0.717, 1.165) is 16.6 Å². The van der Waals surface area contributed by atoms with Gasteiger partial charge in [0.15, 0.2) is 0 Å². The molecule has 0 unspecified atom stereocenters. The van der Waals surface area contributed by atoms with E-state index in [1.807, 2.05) is 24.3 Å². The van der Waals surface area contributed by atoms with Crippen molar-refractivity contribution < 1.29 is 4.79 Å². The molecule has 0 aliphatic heterocycles. The lowest BCUT2D eigenvalue weighted by molar-refractivity contribution is -0.120. The lowest BCUT2D eigenvalue weighted by atomic mass is 10.1. The van der Waals surface area contributed by atoms with E-state index in [4.69, 9.17) is 18.0 Å². The van der Waals surface area contributed by atoms with Gasteiger partial charge in [-0.05, 0) is 6.07 Å². The molecule has 1 aromatic carbocycles. The fourth-order valence-electron chi connectivity index (χ4n) is 1.94. The van der Waals surface area contributed by atoms with Crippen molar-refractivity contribution in [3.05, 3.63) is 36.0 Å². The van der Waals surface area contributed by atoms with Crippen LogP contribution < -0.4 is 16.4 Å². The maximum absolute atomic E-state index is 11.3. The summed E-state index contributed by atoms with van der Waals surface area (Å²) in [7, 11) is 1.62. The van der Waals surface area contributed by atoms with E-state index in [2.05, 4.69) is 15.6 Å². The Kier molecular flexibility index (Phi) is 4.47. The van der Waals surface area contributed by atoms with Gasteiger partial charge in [-0.2, -0.15) is 0 Å². The largest absolute Gasteiger partial charge is 0.389 e. The minimum Gasteiger partial charge on any atom is -0.389 e. The number of fused-ring (bicyclic) bond motifs is 1. The van der Waals surface area contributed by atoms with Crippen LogP contribution in [-0.2, 0) is 4.79 Å². The number of aromatic nitrogens is 1. The normalized spacial score (nSPS) is 10.2. The SMILES string of the molecule is CNC(=O)CCNc1c(C(N)=S)cnc2ccccc12. The molecule has 0 fully saturated rings. The second kappa shape index (κ2) is 6.29. The maximum atomic E-state index is 11.3. The smallest absolute Gasteiger partial charge is 0.221 e. The van der Waals surface area contributed by atoms with E-state index in [1.54, 1.807) is 13.2 Å². The van der Waals surface area contributed by atoms with E-state index in [9.17, 15) is 4.79 Å². The fraction of sp³-hybridized carbons (Fsp3) is 0.214. The predicted octanol–water partition coefficient (Wildman–Crippen LogP) is 1.42. The molecule has 0 aliphatic rings. The Hall–Kier alpha value is -2.21. The molecule has 1 heterocycles. The number of benzene rings is 1. The molecule has 6 heteroatoms. The molecule has 0 aliphatic carbocycles. The lowest BCUT2D eigenvalue weighted by Crippen LogP contribution is -2.22. The first kappa shape index (κ1) is 14.2. The lowest BCUT2D eigenvalue weighted by Gasteiger charge is -2.13. The highest BCUT2D eigenvalue weighted by Gasteiger charge is 2.10. The number of rotatable bonds is 5. The van der Waals surface area contributed by atoms with Gasteiger partial charge in [-0.25, -0.2) is 0 Å². The van der Waals surface area contributed by atoms with Gasteiger partial charge in [-0.3, -0.25) is 9.78 Å². The average molecular weight is 288 g/mol. The highest BCUT2D eigenvalue weighted by Crippen LogP contribution is 2.25. The van der Waals surface area contributed by atoms with Crippen LogP contribution in [0.4, 0.5) is 5.69 Å². The molecule has 0 radical (unpaired) electrons. The summed E-state index contributed by atoms with van der Waals surface area (Å²) < 4.78 is 0. The summed E-state index contributed by atoms with van der Waals surface area (Å²) in [4.78, 5) is 15.9. The summed E-state index contributed by atoms with van der Waals surface area (Å²) >= 11 is 5.06. The van der Waals surface area contributed by atoms with E-state index in [0.29, 0.717) is 18.5 Å². The molecule has 0 spiro atoms. The van der Waals surface area contributed by atoms with Gasteiger partial charge in [0.25, 0.3) is 0 Å². The second-order valence-corrected chi connectivity index (χ2v) is 4.72. The third-order valence-electron chi connectivity index (χ3n) is 2.97. The molecule has 4 N–H and O–H groups in total. The summed E-state index contributed by atoms with van der Waals surface area (Å²) in [6.07, 6.45) is 2.04. The van der Waals surface area contributed by atoms with Crippen LogP contribution in [0.5, 0.6) is 0 Å².